The topological polar surface area (TPSA) is 86.9 Å². The Labute approximate surface area is 139 Å². The van der Waals surface area contributed by atoms with Crippen LogP contribution in [0, 0.1) is 0 Å². The predicted molar refractivity (Wildman–Crippen MR) is 86.9 cm³/mol. The van der Waals surface area contributed by atoms with Gasteiger partial charge in [0.1, 0.15) is 6.54 Å². The number of nitrogens with one attached hydrogen (secondary N) is 1. The van der Waals surface area contributed by atoms with Gasteiger partial charge in [0.2, 0.25) is 5.91 Å². The summed E-state index contributed by atoms with van der Waals surface area (Å²) in [4.78, 5) is 24.0. The quantitative estimate of drug-likeness (QED) is 0.697. The van der Waals surface area contributed by atoms with E-state index in [1.54, 1.807) is 24.4 Å². The molecule has 0 spiro atoms. The SMILES string of the molecule is O=C(Cn1nc2ccccn2c1=O)NCCCOC[C@@H]1CCCO1. The molecule has 2 aromatic rings. The Morgan fingerprint density at radius 3 is 3.17 bits per heavy atom. The molecule has 1 saturated heterocycles. The molecular formula is C16H22N4O4. The van der Waals surface area contributed by atoms with E-state index < -0.39 is 0 Å². The Balaban J connectivity index is 1.36. The van der Waals surface area contributed by atoms with Crippen LogP contribution in [0.1, 0.15) is 19.3 Å². The molecule has 0 unspecified atom stereocenters. The predicted octanol–water partition coefficient (Wildman–Crippen LogP) is 0.198. The third-order valence-corrected chi connectivity index (χ3v) is 3.90. The zero-order valence-electron chi connectivity index (χ0n) is 13.5. The van der Waals surface area contributed by atoms with E-state index in [9.17, 15) is 9.59 Å². The summed E-state index contributed by atoms with van der Waals surface area (Å²) in [6.07, 6.45) is 4.74. The first-order chi connectivity index (χ1) is 11.7. The molecule has 1 aliphatic heterocycles. The van der Waals surface area contributed by atoms with Gasteiger partial charge in [-0.1, -0.05) is 6.07 Å². The van der Waals surface area contributed by atoms with Gasteiger partial charge in [-0.2, -0.15) is 0 Å². The first-order valence-electron chi connectivity index (χ1n) is 8.24. The average molecular weight is 334 g/mol. The van der Waals surface area contributed by atoms with E-state index in [1.807, 2.05) is 0 Å². The molecule has 0 bridgehead atoms. The van der Waals surface area contributed by atoms with Crippen LogP contribution in [-0.4, -0.2) is 52.6 Å². The molecule has 8 heteroatoms. The fraction of sp³-hybridized carbons (Fsp3) is 0.562. The van der Waals surface area contributed by atoms with E-state index in [4.69, 9.17) is 9.47 Å². The van der Waals surface area contributed by atoms with Crippen molar-refractivity contribution in [1.82, 2.24) is 19.5 Å². The number of hydrogen-bond donors (Lipinski definition) is 1. The highest BCUT2D eigenvalue weighted by Crippen LogP contribution is 2.11. The Hall–Kier alpha value is -2.19. The van der Waals surface area contributed by atoms with Crippen LogP contribution in [0.4, 0.5) is 0 Å². The molecule has 8 nitrogen and oxygen atoms in total. The van der Waals surface area contributed by atoms with Crippen molar-refractivity contribution >= 4 is 11.6 Å². The number of pyridine rings is 1. The van der Waals surface area contributed by atoms with Gasteiger partial charge in [0, 0.05) is 26.0 Å². The first kappa shape index (κ1) is 16.7. The van der Waals surface area contributed by atoms with Crippen molar-refractivity contribution in [2.45, 2.75) is 31.9 Å². The lowest BCUT2D eigenvalue weighted by Gasteiger charge is -2.10. The van der Waals surface area contributed by atoms with E-state index in [0.717, 1.165) is 25.9 Å². The molecule has 3 rings (SSSR count). The number of rotatable bonds is 8. The van der Waals surface area contributed by atoms with Gasteiger partial charge in [-0.3, -0.25) is 9.20 Å². The van der Waals surface area contributed by atoms with Gasteiger partial charge in [0.25, 0.3) is 0 Å². The molecule has 130 valence electrons. The second-order valence-electron chi connectivity index (χ2n) is 5.78. The third kappa shape index (κ3) is 4.21. The summed E-state index contributed by atoms with van der Waals surface area (Å²) >= 11 is 0. The fourth-order valence-corrected chi connectivity index (χ4v) is 2.66. The Kier molecular flexibility index (Phi) is 5.60. The number of carbonyl (C=O) groups excluding carboxylic acids is 1. The van der Waals surface area contributed by atoms with Gasteiger partial charge < -0.3 is 14.8 Å². The smallest absolute Gasteiger partial charge is 0.350 e. The van der Waals surface area contributed by atoms with Crippen LogP contribution in [-0.2, 0) is 20.8 Å². The Morgan fingerprint density at radius 2 is 2.38 bits per heavy atom. The van der Waals surface area contributed by atoms with Crippen LogP contribution >= 0.6 is 0 Å². The highest BCUT2D eigenvalue weighted by atomic mass is 16.5. The van der Waals surface area contributed by atoms with Gasteiger partial charge in [0.05, 0.1) is 12.7 Å². The van der Waals surface area contributed by atoms with E-state index in [-0.39, 0.29) is 24.2 Å². The van der Waals surface area contributed by atoms with E-state index in [1.165, 1.54) is 9.08 Å². The maximum absolute atomic E-state index is 12.1. The van der Waals surface area contributed by atoms with Crippen LogP contribution in [0.25, 0.3) is 5.65 Å². The summed E-state index contributed by atoms with van der Waals surface area (Å²) in [5.74, 6) is -0.236. The van der Waals surface area contributed by atoms with Gasteiger partial charge >= 0.3 is 5.69 Å². The molecule has 0 radical (unpaired) electrons. The normalized spacial score (nSPS) is 17.4. The molecule has 0 aliphatic carbocycles. The summed E-state index contributed by atoms with van der Waals surface area (Å²) in [6.45, 7) is 2.44. The molecule has 1 aliphatic rings. The van der Waals surface area contributed by atoms with Crippen LogP contribution in [0.15, 0.2) is 29.2 Å². The highest BCUT2D eigenvalue weighted by Gasteiger charge is 2.15. The number of ether oxygens (including phenoxy) is 2. The lowest BCUT2D eigenvalue weighted by Crippen LogP contribution is -2.33. The summed E-state index contributed by atoms with van der Waals surface area (Å²) in [5, 5.41) is 6.89. The zero-order valence-corrected chi connectivity index (χ0v) is 13.5. The van der Waals surface area contributed by atoms with Crippen LogP contribution < -0.4 is 11.0 Å². The van der Waals surface area contributed by atoms with Crippen molar-refractivity contribution in [1.29, 1.82) is 0 Å². The largest absolute Gasteiger partial charge is 0.379 e. The number of amides is 1. The molecule has 1 N–H and O–H groups in total. The van der Waals surface area contributed by atoms with Gasteiger partial charge in [-0.25, -0.2) is 9.48 Å². The molecule has 24 heavy (non-hydrogen) atoms. The van der Waals surface area contributed by atoms with E-state index in [2.05, 4.69) is 10.4 Å². The van der Waals surface area contributed by atoms with Crippen LogP contribution in [0.2, 0.25) is 0 Å². The summed E-state index contributed by atoms with van der Waals surface area (Å²) in [7, 11) is 0. The Morgan fingerprint density at radius 1 is 1.46 bits per heavy atom. The first-order valence-corrected chi connectivity index (χ1v) is 8.24. The minimum absolute atomic E-state index is 0.0860. The molecule has 1 atom stereocenters. The number of hydrogen-bond acceptors (Lipinski definition) is 5. The summed E-state index contributed by atoms with van der Waals surface area (Å²) < 4.78 is 13.6. The monoisotopic (exact) mass is 334 g/mol. The minimum atomic E-state index is -0.319. The second-order valence-corrected chi connectivity index (χ2v) is 5.78. The van der Waals surface area contributed by atoms with Crippen LogP contribution in [0.5, 0.6) is 0 Å². The van der Waals surface area contributed by atoms with Crippen molar-refractivity contribution in [3.63, 3.8) is 0 Å². The van der Waals surface area contributed by atoms with Gasteiger partial charge in [-0.15, -0.1) is 5.10 Å². The maximum atomic E-state index is 12.1. The molecule has 1 fully saturated rings. The maximum Gasteiger partial charge on any atom is 0.350 e. The van der Waals surface area contributed by atoms with Crippen molar-refractivity contribution in [3.8, 4) is 0 Å². The Bertz CT molecular complexity index is 733. The summed E-state index contributed by atoms with van der Waals surface area (Å²) in [6, 6.07) is 5.26. The molecule has 0 aromatic carbocycles. The molecule has 3 heterocycles. The lowest BCUT2D eigenvalue weighted by molar-refractivity contribution is -0.121. The van der Waals surface area contributed by atoms with E-state index >= 15 is 0 Å². The van der Waals surface area contributed by atoms with E-state index in [0.29, 0.717) is 25.4 Å². The second kappa shape index (κ2) is 8.07. The number of aromatic nitrogens is 3. The number of carbonyl (C=O) groups is 1. The van der Waals surface area contributed by atoms with Crippen molar-refractivity contribution in [3.05, 3.63) is 34.9 Å². The molecule has 1 amide bonds. The fourth-order valence-electron chi connectivity index (χ4n) is 2.66. The van der Waals surface area contributed by atoms with Crippen molar-refractivity contribution in [2.24, 2.45) is 0 Å². The molecular weight excluding hydrogens is 312 g/mol. The standard InChI is InChI=1S/C16H22N4O4/c21-15(17-7-4-9-23-12-13-5-3-10-24-13)11-20-16(22)19-8-2-1-6-14(19)18-20/h1-2,6,8,13H,3-5,7,9-12H2,(H,17,21)/t13-/m0/s1. The summed E-state index contributed by atoms with van der Waals surface area (Å²) in [5.41, 5.74) is 0.207. The average Bonchev–Trinajstić information content (AvgIpc) is 3.20. The molecule has 2 aromatic heterocycles. The minimum Gasteiger partial charge on any atom is -0.379 e. The van der Waals surface area contributed by atoms with Gasteiger partial charge in [0.15, 0.2) is 5.65 Å². The van der Waals surface area contributed by atoms with Crippen molar-refractivity contribution < 1.29 is 14.3 Å². The highest BCUT2D eigenvalue weighted by molar-refractivity contribution is 5.75. The van der Waals surface area contributed by atoms with Crippen LogP contribution in [0.3, 0.4) is 0 Å². The van der Waals surface area contributed by atoms with Gasteiger partial charge in [-0.05, 0) is 31.4 Å². The number of fused-ring (bicyclic) bond motifs is 1. The zero-order chi connectivity index (χ0) is 16.8. The lowest BCUT2D eigenvalue weighted by atomic mass is 10.2. The third-order valence-electron chi connectivity index (χ3n) is 3.90. The molecule has 0 saturated carbocycles. The van der Waals surface area contributed by atoms with Crippen molar-refractivity contribution in [2.75, 3.05) is 26.4 Å². The number of nitrogens with zero attached hydrogens (tertiary/aromatic N) is 3.